The van der Waals surface area contributed by atoms with E-state index in [4.69, 9.17) is 5.11 Å². The molecule has 0 bridgehead atoms. The van der Waals surface area contributed by atoms with Crippen LogP contribution in [0, 0.1) is 11.8 Å². The number of fused-ring (bicyclic) bond motifs is 1. The number of carboxylic acids is 1. The van der Waals surface area contributed by atoms with Crippen LogP contribution in [0.5, 0.6) is 0 Å². The standard InChI is InChI=1S/C17H21NO3/c19-16(13-6-3-7-14(8-13)17(20)21)18-15-9-11-4-1-2-5-12(11)10-15/h1-2,4-5,13-15H,3,6-10H2,(H,18,19)(H,20,21). The summed E-state index contributed by atoms with van der Waals surface area (Å²) in [6.07, 6.45) is 4.61. The van der Waals surface area contributed by atoms with Gasteiger partial charge in [-0.2, -0.15) is 0 Å². The van der Waals surface area contributed by atoms with Crippen molar-refractivity contribution in [1.82, 2.24) is 5.32 Å². The molecular formula is C17H21NO3. The highest BCUT2D eigenvalue weighted by Crippen LogP contribution is 2.30. The molecule has 1 aromatic carbocycles. The Morgan fingerprint density at radius 3 is 2.29 bits per heavy atom. The quantitative estimate of drug-likeness (QED) is 0.895. The molecule has 0 aromatic heterocycles. The number of aliphatic carboxylic acids is 1. The summed E-state index contributed by atoms with van der Waals surface area (Å²) in [4.78, 5) is 23.5. The van der Waals surface area contributed by atoms with E-state index < -0.39 is 5.97 Å². The van der Waals surface area contributed by atoms with E-state index in [1.54, 1.807) is 0 Å². The molecule has 0 aliphatic heterocycles. The van der Waals surface area contributed by atoms with Crippen molar-refractivity contribution in [3.05, 3.63) is 35.4 Å². The summed E-state index contributed by atoms with van der Waals surface area (Å²) in [5.41, 5.74) is 2.63. The fourth-order valence-electron chi connectivity index (χ4n) is 3.63. The maximum absolute atomic E-state index is 12.4. The zero-order chi connectivity index (χ0) is 14.8. The second kappa shape index (κ2) is 5.88. The van der Waals surface area contributed by atoms with Crippen molar-refractivity contribution < 1.29 is 14.7 Å². The molecule has 4 heteroatoms. The Balaban J connectivity index is 1.57. The van der Waals surface area contributed by atoms with Crippen molar-refractivity contribution in [2.45, 2.75) is 44.6 Å². The summed E-state index contributed by atoms with van der Waals surface area (Å²) >= 11 is 0. The number of nitrogens with one attached hydrogen (secondary N) is 1. The fourth-order valence-corrected chi connectivity index (χ4v) is 3.63. The predicted molar refractivity (Wildman–Crippen MR) is 78.9 cm³/mol. The lowest BCUT2D eigenvalue weighted by Gasteiger charge is -2.27. The summed E-state index contributed by atoms with van der Waals surface area (Å²) in [6.45, 7) is 0. The molecular weight excluding hydrogens is 266 g/mol. The van der Waals surface area contributed by atoms with Gasteiger partial charge >= 0.3 is 5.97 Å². The summed E-state index contributed by atoms with van der Waals surface area (Å²) in [7, 11) is 0. The molecule has 2 atom stereocenters. The number of benzene rings is 1. The summed E-state index contributed by atoms with van der Waals surface area (Å²) in [5, 5.41) is 12.2. The Morgan fingerprint density at radius 2 is 1.67 bits per heavy atom. The van der Waals surface area contributed by atoms with Crippen LogP contribution in [-0.2, 0) is 22.4 Å². The number of carboxylic acid groups (broad SMARTS) is 1. The smallest absolute Gasteiger partial charge is 0.306 e. The number of hydrogen-bond donors (Lipinski definition) is 2. The molecule has 2 N–H and O–H groups in total. The molecule has 0 saturated heterocycles. The third-order valence-corrected chi connectivity index (χ3v) is 4.79. The minimum absolute atomic E-state index is 0.0405. The first kappa shape index (κ1) is 14.1. The third-order valence-electron chi connectivity index (χ3n) is 4.79. The van der Waals surface area contributed by atoms with Crippen LogP contribution >= 0.6 is 0 Å². The fraction of sp³-hybridized carbons (Fsp3) is 0.529. The molecule has 2 aliphatic rings. The van der Waals surface area contributed by atoms with Gasteiger partial charge in [-0.3, -0.25) is 9.59 Å². The molecule has 1 saturated carbocycles. The van der Waals surface area contributed by atoms with Crippen LogP contribution < -0.4 is 5.32 Å². The molecule has 1 amide bonds. The van der Waals surface area contributed by atoms with Crippen molar-refractivity contribution >= 4 is 11.9 Å². The van der Waals surface area contributed by atoms with Gasteiger partial charge in [0.05, 0.1) is 5.92 Å². The highest BCUT2D eigenvalue weighted by atomic mass is 16.4. The first-order valence-electron chi connectivity index (χ1n) is 7.73. The van der Waals surface area contributed by atoms with Gasteiger partial charge in [0.25, 0.3) is 0 Å². The summed E-state index contributed by atoms with van der Waals surface area (Å²) in [6, 6.07) is 8.45. The van der Waals surface area contributed by atoms with Gasteiger partial charge in [-0.25, -0.2) is 0 Å². The molecule has 3 rings (SSSR count). The normalized spacial score (nSPS) is 25.3. The third kappa shape index (κ3) is 3.09. The lowest BCUT2D eigenvalue weighted by molar-refractivity contribution is -0.144. The molecule has 21 heavy (non-hydrogen) atoms. The van der Waals surface area contributed by atoms with E-state index in [2.05, 4.69) is 17.4 Å². The van der Waals surface area contributed by atoms with Gasteiger partial charge in [0.15, 0.2) is 0 Å². The zero-order valence-electron chi connectivity index (χ0n) is 12.0. The number of carbonyl (C=O) groups is 2. The van der Waals surface area contributed by atoms with E-state index in [9.17, 15) is 9.59 Å². The first-order chi connectivity index (χ1) is 10.1. The molecule has 0 spiro atoms. The van der Waals surface area contributed by atoms with Crippen LogP contribution in [-0.4, -0.2) is 23.0 Å². The van der Waals surface area contributed by atoms with Gasteiger partial charge in [-0.05, 0) is 43.2 Å². The lowest BCUT2D eigenvalue weighted by Crippen LogP contribution is -2.41. The van der Waals surface area contributed by atoms with Gasteiger partial charge in [0, 0.05) is 12.0 Å². The molecule has 1 aromatic rings. The van der Waals surface area contributed by atoms with Crippen molar-refractivity contribution in [2.24, 2.45) is 11.8 Å². The topological polar surface area (TPSA) is 66.4 Å². The van der Waals surface area contributed by atoms with Gasteiger partial charge in [0.2, 0.25) is 5.91 Å². The minimum Gasteiger partial charge on any atom is -0.481 e. The maximum atomic E-state index is 12.4. The van der Waals surface area contributed by atoms with Gasteiger partial charge in [-0.15, -0.1) is 0 Å². The van der Waals surface area contributed by atoms with Crippen LogP contribution in [0.3, 0.4) is 0 Å². The van der Waals surface area contributed by atoms with Gasteiger partial charge < -0.3 is 10.4 Å². The van der Waals surface area contributed by atoms with E-state index in [-0.39, 0.29) is 23.8 Å². The largest absolute Gasteiger partial charge is 0.481 e. The van der Waals surface area contributed by atoms with Crippen molar-refractivity contribution in [1.29, 1.82) is 0 Å². The molecule has 0 radical (unpaired) electrons. The minimum atomic E-state index is -0.763. The van der Waals surface area contributed by atoms with E-state index in [1.807, 2.05) is 12.1 Å². The van der Waals surface area contributed by atoms with Crippen LogP contribution in [0.25, 0.3) is 0 Å². The predicted octanol–water partition coefficient (Wildman–Crippen LogP) is 2.16. The van der Waals surface area contributed by atoms with E-state index >= 15 is 0 Å². The average Bonchev–Trinajstić information content (AvgIpc) is 2.89. The molecule has 112 valence electrons. The van der Waals surface area contributed by atoms with Crippen molar-refractivity contribution in [3.8, 4) is 0 Å². The van der Waals surface area contributed by atoms with Crippen LogP contribution in [0.1, 0.15) is 36.8 Å². The Bertz CT molecular complexity index is 530. The number of hydrogen-bond acceptors (Lipinski definition) is 2. The highest BCUT2D eigenvalue weighted by molar-refractivity contribution is 5.80. The summed E-state index contributed by atoms with van der Waals surface area (Å²) < 4.78 is 0. The summed E-state index contributed by atoms with van der Waals surface area (Å²) in [5.74, 6) is -1.21. The Hall–Kier alpha value is -1.84. The van der Waals surface area contributed by atoms with Crippen molar-refractivity contribution in [3.63, 3.8) is 0 Å². The Kier molecular flexibility index (Phi) is 3.95. The molecule has 4 nitrogen and oxygen atoms in total. The monoisotopic (exact) mass is 287 g/mol. The number of carbonyl (C=O) groups excluding carboxylic acids is 1. The SMILES string of the molecule is O=C(O)C1CCCC(C(=O)NC2Cc3ccccc3C2)C1. The zero-order valence-corrected chi connectivity index (χ0v) is 12.0. The average molecular weight is 287 g/mol. The second-order valence-electron chi connectivity index (χ2n) is 6.28. The van der Waals surface area contributed by atoms with Crippen LogP contribution in [0.2, 0.25) is 0 Å². The van der Waals surface area contributed by atoms with Gasteiger partial charge in [0.1, 0.15) is 0 Å². The van der Waals surface area contributed by atoms with Gasteiger partial charge in [-0.1, -0.05) is 30.7 Å². The van der Waals surface area contributed by atoms with Crippen molar-refractivity contribution in [2.75, 3.05) is 0 Å². The molecule has 2 unspecified atom stereocenters. The van der Waals surface area contributed by atoms with E-state index in [0.29, 0.717) is 12.8 Å². The first-order valence-corrected chi connectivity index (χ1v) is 7.73. The van der Waals surface area contributed by atoms with Crippen LogP contribution in [0.15, 0.2) is 24.3 Å². The Morgan fingerprint density at radius 1 is 1.05 bits per heavy atom. The molecule has 0 heterocycles. The maximum Gasteiger partial charge on any atom is 0.306 e. The Labute approximate surface area is 124 Å². The van der Waals surface area contributed by atoms with Crippen LogP contribution in [0.4, 0.5) is 0 Å². The molecule has 2 aliphatic carbocycles. The second-order valence-corrected chi connectivity index (χ2v) is 6.28. The van der Waals surface area contributed by atoms with E-state index in [1.165, 1.54) is 11.1 Å². The molecule has 1 fully saturated rings. The van der Waals surface area contributed by atoms with E-state index in [0.717, 1.165) is 25.7 Å². The number of amides is 1. The lowest BCUT2D eigenvalue weighted by atomic mass is 9.81. The number of rotatable bonds is 3. The highest BCUT2D eigenvalue weighted by Gasteiger charge is 2.32.